The van der Waals surface area contributed by atoms with Crippen LogP contribution >= 0.6 is 0 Å². The van der Waals surface area contributed by atoms with E-state index in [0.29, 0.717) is 30.4 Å². The highest BCUT2D eigenvalue weighted by atomic mass is 16.5. The molecule has 0 radical (unpaired) electrons. The van der Waals surface area contributed by atoms with E-state index in [1.54, 1.807) is 7.11 Å². The Bertz CT molecular complexity index is 1400. The highest BCUT2D eigenvalue weighted by Gasteiger charge is 2.27. The molecule has 0 aromatic heterocycles. The zero-order chi connectivity index (χ0) is 30.7. The van der Waals surface area contributed by atoms with Crippen molar-refractivity contribution in [2.24, 2.45) is 5.92 Å². The lowest BCUT2D eigenvalue weighted by Gasteiger charge is -2.28. The van der Waals surface area contributed by atoms with Crippen molar-refractivity contribution in [1.29, 1.82) is 0 Å². The lowest BCUT2D eigenvalue weighted by molar-refractivity contribution is -0.139. The summed E-state index contributed by atoms with van der Waals surface area (Å²) in [4.78, 5) is 16.4. The smallest absolute Gasteiger partial charge is 0.315 e. The maximum atomic E-state index is 13.9. The van der Waals surface area contributed by atoms with Crippen LogP contribution in [0.25, 0.3) is 0 Å². The Balaban J connectivity index is 1.43. The van der Waals surface area contributed by atoms with Gasteiger partial charge in [-0.1, -0.05) is 98.8 Å². The summed E-state index contributed by atoms with van der Waals surface area (Å²) in [5.41, 5.74) is 6.05. The predicted octanol–water partition coefficient (Wildman–Crippen LogP) is 8.99. The molecule has 1 saturated heterocycles. The summed E-state index contributed by atoms with van der Waals surface area (Å²) >= 11 is 0. The fraction of sp³-hybridized carbons (Fsp3) is 0.375. The summed E-state index contributed by atoms with van der Waals surface area (Å²) < 4.78 is 11.8. The fourth-order valence-electron chi connectivity index (χ4n) is 6.82. The minimum atomic E-state index is -0.276. The van der Waals surface area contributed by atoms with Gasteiger partial charge >= 0.3 is 5.97 Å². The van der Waals surface area contributed by atoms with E-state index < -0.39 is 0 Å². The molecule has 0 unspecified atom stereocenters. The zero-order valence-electron chi connectivity index (χ0n) is 26.6. The van der Waals surface area contributed by atoms with Crippen LogP contribution in [0, 0.1) is 5.92 Å². The Labute approximate surface area is 264 Å². The number of benzene rings is 4. The quantitative estimate of drug-likeness (QED) is 0.109. The van der Waals surface area contributed by atoms with Crippen molar-refractivity contribution in [1.82, 2.24) is 4.90 Å². The molecule has 4 aromatic rings. The van der Waals surface area contributed by atoms with Crippen LogP contribution in [-0.4, -0.2) is 31.1 Å². The summed E-state index contributed by atoms with van der Waals surface area (Å²) in [6, 6.07) is 35.7. The first-order valence-electron chi connectivity index (χ1n) is 16.4. The van der Waals surface area contributed by atoms with Gasteiger partial charge in [-0.3, -0.25) is 9.69 Å². The summed E-state index contributed by atoms with van der Waals surface area (Å²) in [5.74, 6) is 1.89. The summed E-state index contributed by atoms with van der Waals surface area (Å²) in [6.07, 6.45) is 5.81. The number of carbonyl (C=O) groups is 1. The van der Waals surface area contributed by atoms with E-state index in [1.165, 1.54) is 24.0 Å². The monoisotopic (exact) mass is 589 g/mol. The highest BCUT2D eigenvalue weighted by Crippen LogP contribution is 2.40. The minimum absolute atomic E-state index is 0.162. The molecular weight excluding hydrogens is 542 g/mol. The molecule has 5 rings (SSSR count). The van der Waals surface area contributed by atoms with E-state index in [1.807, 2.05) is 36.4 Å². The van der Waals surface area contributed by atoms with Crippen LogP contribution in [0.4, 0.5) is 0 Å². The molecule has 0 spiro atoms. The number of hydrogen-bond donors (Lipinski definition) is 0. The average Bonchev–Trinajstić information content (AvgIpc) is 3.58. The van der Waals surface area contributed by atoms with Crippen molar-refractivity contribution in [3.8, 4) is 11.5 Å². The van der Waals surface area contributed by atoms with Crippen molar-refractivity contribution < 1.29 is 14.3 Å². The van der Waals surface area contributed by atoms with Crippen LogP contribution in [0.1, 0.15) is 79.2 Å². The first kappa shape index (κ1) is 31.5. The van der Waals surface area contributed by atoms with Gasteiger partial charge in [-0.05, 0) is 104 Å². The first-order chi connectivity index (χ1) is 21.6. The molecular formula is C40H47NO3. The van der Waals surface area contributed by atoms with Gasteiger partial charge in [0.1, 0.15) is 11.5 Å². The van der Waals surface area contributed by atoms with Gasteiger partial charge in [0.25, 0.3) is 0 Å². The lowest BCUT2D eigenvalue weighted by atomic mass is 9.78. The van der Waals surface area contributed by atoms with Crippen LogP contribution in [-0.2, 0) is 24.2 Å². The molecule has 1 aliphatic heterocycles. The highest BCUT2D eigenvalue weighted by molar-refractivity contribution is 5.76. The molecule has 0 N–H and O–H groups in total. The normalized spacial score (nSPS) is 14.8. The van der Waals surface area contributed by atoms with E-state index in [-0.39, 0.29) is 11.9 Å². The van der Waals surface area contributed by atoms with E-state index in [0.717, 1.165) is 54.9 Å². The van der Waals surface area contributed by atoms with Gasteiger partial charge in [0.15, 0.2) is 0 Å². The van der Waals surface area contributed by atoms with Crippen LogP contribution in [0.5, 0.6) is 11.5 Å². The second-order valence-corrected chi connectivity index (χ2v) is 12.2. The lowest BCUT2D eigenvalue weighted by Crippen LogP contribution is -2.26. The minimum Gasteiger partial charge on any atom is -0.497 e. The van der Waals surface area contributed by atoms with E-state index in [4.69, 9.17) is 9.47 Å². The number of nitrogens with zero attached hydrogens (tertiary/aromatic N) is 1. The third kappa shape index (κ3) is 8.18. The number of carbonyl (C=O) groups excluding carboxylic acids is 1. The maximum Gasteiger partial charge on any atom is 0.315 e. The Morgan fingerprint density at radius 2 is 1.27 bits per heavy atom. The Morgan fingerprint density at radius 3 is 1.82 bits per heavy atom. The topological polar surface area (TPSA) is 38.8 Å². The number of rotatable bonds is 14. The van der Waals surface area contributed by atoms with Crippen LogP contribution in [0.3, 0.4) is 0 Å². The van der Waals surface area contributed by atoms with Crippen molar-refractivity contribution in [2.75, 3.05) is 20.2 Å². The van der Waals surface area contributed by atoms with Gasteiger partial charge in [0.05, 0.1) is 13.0 Å². The molecule has 0 saturated carbocycles. The van der Waals surface area contributed by atoms with Gasteiger partial charge in [-0.25, -0.2) is 0 Å². The van der Waals surface area contributed by atoms with Crippen molar-refractivity contribution in [3.05, 3.63) is 131 Å². The van der Waals surface area contributed by atoms with Crippen molar-refractivity contribution in [2.45, 2.75) is 70.8 Å². The van der Waals surface area contributed by atoms with E-state index in [9.17, 15) is 4.79 Å². The van der Waals surface area contributed by atoms with Gasteiger partial charge in [-0.15, -0.1) is 0 Å². The van der Waals surface area contributed by atoms with Gasteiger partial charge in [0, 0.05) is 12.1 Å². The molecule has 1 aliphatic rings. The SMILES string of the molecule is CC[C@H](c1ccc(OC(=O)C(Cc2ccccc2)Cc2ccccc2)c(CN2CCCC2)c1)[C@@H](CC)c1ccc(OC)cc1. The van der Waals surface area contributed by atoms with E-state index >= 15 is 0 Å². The number of likely N-dealkylation sites (tertiary alicyclic amines) is 1. The zero-order valence-corrected chi connectivity index (χ0v) is 26.6. The molecule has 2 atom stereocenters. The molecule has 1 heterocycles. The van der Waals surface area contributed by atoms with Crippen LogP contribution in [0.15, 0.2) is 103 Å². The van der Waals surface area contributed by atoms with Crippen LogP contribution in [0.2, 0.25) is 0 Å². The summed E-state index contributed by atoms with van der Waals surface area (Å²) in [7, 11) is 1.71. The molecule has 0 bridgehead atoms. The first-order valence-corrected chi connectivity index (χ1v) is 16.4. The molecule has 4 heteroatoms. The van der Waals surface area contributed by atoms with Gasteiger partial charge in [-0.2, -0.15) is 0 Å². The molecule has 0 aliphatic carbocycles. The molecule has 230 valence electrons. The molecule has 44 heavy (non-hydrogen) atoms. The molecule has 4 aromatic carbocycles. The molecule has 4 nitrogen and oxygen atoms in total. The van der Waals surface area contributed by atoms with Gasteiger partial charge < -0.3 is 9.47 Å². The Morgan fingerprint density at radius 1 is 0.727 bits per heavy atom. The van der Waals surface area contributed by atoms with Crippen molar-refractivity contribution in [3.63, 3.8) is 0 Å². The number of methoxy groups -OCH3 is 1. The largest absolute Gasteiger partial charge is 0.497 e. The molecule has 0 amide bonds. The van der Waals surface area contributed by atoms with Crippen molar-refractivity contribution >= 4 is 5.97 Å². The fourth-order valence-corrected chi connectivity index (χ4v) is 6.82. The number of ether oxygens (including phenoxy) is 2. The number of hydrogen-bond acceptors (Lipinski definition) is 4. The Kier molecular flexibility index (Phi) is 11.3. The molecule has 1 fully saturated rings. The average molecular weight is 590 g/mol. The second-order valence-electron chi connectivity index (χ2n) is 12.2. The van der Waals surface area contributed by atoms with E-state index in [2.05, 4.69) is 85.5 Å². The Hall–Kier alpha value is -3.89. The second kappa shape index (κ2) is 15.7. The third-order valence-electron chi connectivity index (χ3n) is 9.21. The van der Waals surface area contributed by atoms with Gasteiger partial charge in [0.2, 0.25) is 0 Å². The van der Waals surface area contributed by atoms with Crippen LogP contribution < -0.4 is 9.47 Å². The summed E-state index contributed by atoms with van der Waals surface area (Å²) in [6.45, 7) is 7.53. The third-order valence-corrected chi connectivity index (χ3v) is 9.21. The summed E-state index contributed by atoms with van der Waals surface area (Å²) in [5, 5.41) is 0. The predicted molar refractivity (Wildman–Crippen MR) is 179 cm³/mol. The number of esters is 1. The standard InChI is InChI=1S/C40H47NO3/c1-4-37(32-18-21-36(43-3)22-19-32)38(5-2)33-20-23-39(35(28-33)29-41-24-12-13-25-41)44-40(42)34(26-30-14-8-6-9-15-30)27-31-16-10-7-11-17-31/h6-11,14-23,28,34,37-38H,4-5,12-13,24-27,29H2,1-3H3/t37-,38+/m0/s1. The maximum absolute atomic E-state index is 13.9.